The summed E-state index contributed by atoms with van der Waals surface area (Å²) in [5.41, 5.74) is 0.234. The van der Waals surface area contributed by atoms with Gasteiger partial charge in [0.05, 0.1) is 0 Å². The van der Waals surface area contributed by atoms with E-state index in [-0.39, 0.29) is 17.1 Å². The van der Waals surface area contributed by atoms with Crippen LogP contribution in [0.3, 0.4) is 0 Å². The van der Waals surface area contributed by atoms with Gasteiger partial charge in [-0.15, -0.1) is 11.6 Å². The Bertz CT molecular complexity index is 398. The van der Waals surface area contributed by atoms with Crippen molar-refractivity contribution in [1.82, 2.24) is 0 Å². The van der Waals surface area contributed by atoms with Gasteiger partial charge in [-0.2, -0.15) is 8.78 Å². The van der Waals surface area contributed by atoms with Gasteiger partial charge in [-0.3, -0.25) is 4.79 Å². The highest BCUT2D eigenvalue weighted by Crippen LogP contribution is 2.33. The van der Waals surface area contributed by atoms with Gasteiger partial charge in [-0.25, -0.2) is 0 Å². The van der Waals surface area contributed by atoms with E-state index in [2.05, 4.69) is 20.7 Å². The number of carbonyl (C=O) groups excluding carboxylic acids is 1. The molecule has 1 aromatic rings. The highest BCUT2D eigenvalue weighted by atomic mass is 79.9. The number of rotatable bonds is 4. The molecule has 6 heteroatoms. The Balaban J connectivity index is 3.11. The van der Waals surface area contributed by atoms with E-state index in [9.17, 15) is 13.6 Å². The maximum absolute atomic E-state index is 12.1. The molecule has 0 saturated heterocycles. The van der Waals surface area contributed by atoms with Crippen molar-refractivity contribution < 1.29 is 18.3 Å². The lowest BCUT2D eigenvalue weighted by Gasteiger charge is -2.13. The van der Waals surface area contributed by atoms with E-state index in [0.29, 0.717) is 4.47 Å². The average Bonchev–Trinajstić information content (AvgIpc) is 2.15. The average molecular weight is 314 g/mol. The van der Waals surface area contributed by atoms with E-state index in [1.54, 1.807) is 6.07 Å². The van der Waals surface area contributed by atoms with Crippen LogP contribution in [0.1, 0.15) is 17.9 Å². The lowest BCUT2D eigenvalue weighted by molar-refractivity contribution is -0.116. The van der Waals surface area contributed by atoms with Crippen molar-refractivity contribution in [3.63, 3.8) is 0 Å². The number of benzene rings is 1. The molecule has 0 saturated carbocycles. The molecule has 2 nitrogen and oxygen atoms in total. The van der Waals surface area contributed by atoms with Crippen LogP contribution in [-0.2, 0) is 4.79 Å². The molecule has 0 radical (unpaired) electrons. The zero-order valence-electron chi connectivity index (χ0n) is 8.22. The first-order chi connectivity index (χ1) is 7.41. The maximum atomic E-state index is 12.1. The van der Waals surface area contributed by atoms with Gasteiger partial charge in [0.1, 0.15) is 11.1 Å². The van der Waals surface area contributed by atoms with Crippen LogP contribution < -0.4 is 4.74 Å². The lowest BCUT2D eigenvalue weighted by Crippen LogP contribution is -2.08. The minimum absolute atomic E-state index is 0.0976. The molecule has 0 heterocycles. The molecule has 0 fully saturated rings. The van der Waals surface area contributed by atoms with E-state index < -0.39 is 12.0 Å². The molecule has 16 heavy (non-hydrogen) atoms. The molecular weight excluding hydrogens is 305 g/mol. The van der Waals surface area contributed by atoms with E-state index in [0.717, 1.165) is 0 Å². The molecule has 0 bridgehead atoms. The van der Waals surface area contributed by atoms with E-state index in [1.165, 1.54) is 19.1 Å². The van der Waals surface area contributed by atoms with Gasteiger partial charge >= 0.3 is 6.61 Å². The number of ether oxygens (including phenoxy) is 1. The number of hydrogen-bond acceptors (Lipinski definition) is 2. The van der Waals surface area contributed by atoms with Gasteiger partial charge in [-0.05, 0) is 19.1 Å². The molecule has 0 amide bonds. The minimum Gasteiger partial charge on any atom is -0.434 e. The van der Waals surface area contributed by atoms with Gasteiger partial charge in [-0.1, -0.05) is 22.0 Å². The molecule has 0 aliphatic carbocycles. The van der Waals surface area contributed by atoms with Crippen molar-refractivity contribution in [3.8, 4) is 5.75 Å². The zero-order valence-corrected chi connectivity index (χ0v) is 10.6. The minimum atomic E-state index is -2.95. The molecule has 0 aliphatic heterocycles. The Hall–Kier alpha value is -0.680. The van der Waals surface area contributed by atoms with Crippen LogP contribution in [0, 0.1) is 0 Å². The number of halogens is 4. The number of carbonyl (C=O) groups is 1. The molecule has 0 aromatic heterocycles. The van der Waals surface area contributed by atoms with Crippen molar-refractivity contribution in [2.24, 2.45) is 0 Å². The Morgan fingerprint density at radius 1 is 1.50 bits per heavy atom. The second kappa shape index (κ2) is 5.59. The van der Waals surface area contributed by atoms with Crippen molar-refractivity contribution in [1.29, 1.82) is 0 Å². The summed E-state index contributed by atoms with van der Waals surface area (Å²) in [6, 6.07) is 4.42. The smallest absolute Gasteiger partial charge is 0.387 e. The van der Waals surface area contributed by atoms with Gasteiger partial charge in [0, 0.05) is 10.0 Å². The van der Waals surface area contributed by atoms with Crippen molar-refractivity contribution in [2.75, 3.05) is 0 Å². The zero-order chi connectivity index (χ0) is 12.3. The number of ketones is 1. The predicted octanol–water partition coefficient (Wildman–Crippen LogP) is 3.92. The molecule has 1 unspecified atom stereocenters. The first-order valence-corrected chi connectivity index (χ1v) is 5.53. The van der Waals surface area contributed by atoms with Crippen LogP contribution >= 0.6 is 27.5 Å². The number of hydrogen-bond donors (Lipinski definition) is 0. The van der Waals surface area contributed by atoms with Gasteiger partial charge < -0.3 is 4.74 Å². The second-order valence-corrected chi connectivity index (χ2v) is 4.39. The molecule has 1 rings (SSSR count). The fraction of sp³-hybridized carbons (Fsp3) is 0.300. The quantitative estimate of drug-likeness (QED) is 0.788. The van der Waals surface area contributed by atoms with Crippen molar-refractivity contribution in [2.45, 2.75) is 18.9 Å². The standard InChI is InChI=1S/C10H8BrClF2O2/c1-5(15)9(12)7-3-2-6(11)4-8(7)16-10(13)14/h2-4,9-10H,1H3. The van der Waals surface area contributed by atoms with E-state index in [1.807, 2.05) is 0 Å². The topological polar surface area (TPSA) is 26.3 Å². The monoisotopic (exact) mass is 312 g/mol. The van der Waals surface area contributed by atoms with Gasteiger partial charge in [0.2, 0.25) is 0 Å². The Labute approximate surface area is 105 Å². The van der Waals surface area contributed by atoms with Crippen LogP contribution in [0.25, 0.3) is 0 Å². The molecule has 88 valence electrons. The van der Waals surface area contributed by atoms with Crippen LogP contribution in [0.15, 0.2) is 22.7 Å². The summed E-state index contributed by atoms with van der Waals surface area (Å²) in [7, 11) is 0. The largest absolute Gasteiger partial charge is 0.434 e. The van der Waals surface area contributed by atoms with Crippen molar-refractivity contribution >= 4 is 33.3 Å². The third-order valence-electron chi connectivity index (χ3n) is 1.82. The molecule has 1 aromatic carbocycles. The summed E-state index contributed by atoms with van der Waals surface area (Å²) in [6.07, 6.45) is 0. The molecule has 0 N–H and O–H groups in total. The highest BCUT2D eigenvalue weighted by Gasteiger charge is 2.20. The third kappa shape index (κ3) is 3.42. The fourth-order valence-corrected chi connectivity index (χ4v) is 1.65. The predicted molar refractivity (Wildman–Crippen MR) is 60.0 cm³/mol. The summed E-state index contributed by atoms with van der Waals surface area (Å²) in [6.45, 7) is -1.67. The van der Waals surface area contributed by atoms with Crippen LogP contribution in [-0.4, -0.2) is 12.4 Å². The second-order valence-electron chi connectivity index (χ2n) is 3.03. The summed E-state index contributed by atoms with van der Waals surface area (Å²) in [5, 5.41) is -0.984. The summed E-state index contributed by atoms with van der Waals surface area (Å²) in [5.74, 6) is -0.428. The van der Waals surface area contributed by atoms with Crippen LogP contribution in [0.5, 0.6) is 5.75 Å². The first-order valence-electron chi connectivity index (χ1n) is 4.30. The normalized spacial score (nSPS) is 12.6. The SMILES string of the molecule is CC(=O)C(Cl)c1ccc(Br)cc1OC(F)F. The third-order valence-corrected chi connectivity index (χ3v) is 2.86. The fourth-order valence-electron chi connectivity index (χ4n) is 1.13. The molecular formula is C10H8BrClF2O2. The Morgan fingerprint density at radius 3 is 2.62 bits per heavy atom. The number of Topliss-reactive ketones (excluding diaryl/α,β-unsaturated/α-hetero) is 1. The van der Waals surface area contributed by atoms with E-state index in [4.69, 9.17) is 11.6 Å². The number of alkyl halides is 3. The summed E-state index contributed by atoms with van der Waals surface area (Å²) < 4.78 is 29.1. The summed E-state index contributed by atoms with van der Waals surface area (Å²) >= 11 is 8.91. The molecule has 0 spiro atoms. The lowest BCUT2D eigenvalue weighted by atomic mass is 10.1. The Morgan fingerprint density at radius 2 is 2.12 bits per heavy atom. The molecule has 1 atom stereocenters. The van der Waals surface area contributed by atoms with Crippen LogP contribution in [0.2, 0.25) is 0 Å². The Kier molecular flexibility index (Phi) is 4.68. The highest BCUT2D eigenvalue weighted by molar-refractivity contribution is 9.10. The van der Waals surface area contributed by atoms with Crippen molar-refractivity contribution in [3.05, 3.63) is 28.2 Å². The van der Waals surface area contributed by atoms with Gasteiger partial charge in [0.25, 0.3) is 0 Å². The van der Waals surface area contributed by atoms with E-state index >= 15 is 0 Å². The summed E-state index contributed by atoms with van der Waals surface area (Å²) in [4.78, 5) is 11.1. The van der Waals surface area contributed by atoms with Crippen LogP contribution in [0.4, 0.5) is 8.78 Å². The van der Waals surface area contributed by atoms with Gasteiger partial charge in [0.15, 0.2) is 5.78 Å². The first kappa shape index (κ1) is 13.4. The molecule has 0 aliphatic rings. The maximum Gasteiger partial charge on any atom is 0.387 e.